The fourth-order valence-corrected chi connectivity index (χ4v) is 0.620. The first-order valence-corrected chi connectivity index (χ1v) is 3.11. The standard InChI is InChI=1S/C5H12N2O2/c1-3-5(4-2)6-7(8)9/h5-6H,3-4H2,1-2H3. The van der Waals surface area contributed by atoms with Crippen molar-refractivity contribution in [2.45, 2.75) is 32.7 Å². The molecule has 0 aromatic rings. The van der Waals surface area contributed by atoms with E-state index in [2.05, 4.69) is 5.43 Å². The lowest BCUT2D eigenvalue weighted by Gasteiger charge is -2.06. The molecule has 0 aliphatic heterocycles. The van der Waals surface area contributed by atoms with E-state index in [1.54, 1.807) is 0 Å². The van der Waals surface area contributed by atoms with Crippen LogP contribution in [0, 0.1) is 10.1 Å². The summed E-state index contributed by atoms with van der Waals surface area (Å²) in [6, 6.07) is 0.0278. The Bertz CT molecular complexity index is 91.0. The molecule has 0 unspecified atom stereocenters. The molecule has 0 saturated carbocycles. The highest BCUT2D eigenvalue weighted by molar-refractivity contribution is 4.53. The number of hydrazine groups is 1. The molecule has 0 fully saturated rings. The summed E-state index contributed by atoms with van der Waals surface area (Å²) >= 11 is 0. The highest BCUT2D eigenvalue weighted by atomic mass is 16.7. The maximum atomic E-state index is 9.82. The van der Waals surface area contributed by atoms with Gasteiger partial charge in [-0.3, -0.25) is 0 Å². The molecule has 0 aliphatic rings. The van der Waals surface area contributed by atoms with Gasteiger partial charge < -0.3 is 0 Å². The van der Waals surface area contributed by atoms with Gasteiger partial charge in [-0.25, -0.2) is 10.1 Å². The van der Waals surface area contributed by atoms with Crippen LogP contribution < -0.4 is 5.43 Å². The summed E-state index contributed by atoms with van der Waals surface area (Å²) in [4.78, 5) is 9.82. The third kappa shape index (κ3) is 3.76. The van der Waals surface area contributed by atoms with Crippen LogP contribution in [-0.2, 0) is 0 Å². The Morgan fingerprint density at radius 2 is 2.00 bits per heavy atom. The minimum atomic E-state index is -0.488. The molecule has 0 rings (SSSR count). The minimum Gasteiger partial charge on any atom is -0.235 e. The second kappa shape index (κ2) is 4.12. The zero-order valence-electron chi connectivity index (χ0n) is 5.76. The van der Waals surface area contributed by atoms with Crippen LogP contribution in [0.15, 0.2) is 0 Å². The van der Waals surface area contributed by atoms with Crippen molar-refractivity contribution in [3.8, 4) is 0 Å². The Morgan fingerprint density at radius 1 is 1.56 bits per heavy atom. The third-order valence-electron chi connectivity index (χ3n) is 1.27. The van der Waals surface area contributed by atoms with Gasteiger partial charge in [-0.1, -0.05) is 13.8 Å². The number of hydrogen-bond donors (Lipinski definition) is 1. The van der Waals surface area contributed by atoms with Crippen molar-refractivity contribution in [3.05, 3.63) is 10.1 Å². The molecular weight excluding hydrogens is 120 g/mol. The zero-order chi connectivity index (χ0) is 7.28. The lowest BCUT2D eigenvalue weighted by atomic mass is 10.2. The molecule has 1 N–H and O–H groups in total. The van der Waals surface area contributed by atoms with E-state index >= 15 is 0 Å². The fraction of sp³-hybridized carbons (Fsp3) is 1.00. The molecule has 0 aliphatic carbocycles. The van der Waals surface area contributed by atoms with Crippen molar-refractivity contribution in [3.63, 3.8) is 0 Å². The molecule has 0 spiro atoms. The van der Waals surface area contributed by atoms with E-state index < -0.39 is 5.03 Å². The molecule has 54 valence electrons. The van der Waals surface area contributed by atoms with Crippen LogP contribution in [0.2, 0.25) is 0 Å². The summed E-state index contributed by atoms with van der Waals surface area (Å²) in [5.74, 6) is 0. The van der Waals surface area contributed by atoms with Crippen LogP contribution in [0.25, 0.3) is 0 Å². The molecular formula is C5H12N2O2. The summed E-state index contributed by atoms with van der Waals surface area (Å²) in [5, 5.41) is 9.33. The molecule has 0 saturated heterocycles. The Hall–Kier alpha value is -0.800. The van der Waals surface area contributed by atoms with Crippen molar-refractivity contribution in [1.29, 1.82) is 0 Å². The maximum Gasteiger partial charge on any atom is 0.157 e. The van der Waals surface area contributed by atoms with Crippen molar-refractivity contribution in [2.75, 3.05) is 0 Å². The Morgan fingerprint density at radius 3 is 2.11 bits per heavy atom. The topological polar surface area (TPSA) is 55.2 Å². The third-order valence-corrected chi connectivity index (χ3v) is 1.27. The van der Waals surface area contributed by atoms with E-state index in [-0.39, 0.29) is 6.04 Å². The van der Waals surface area contributed by atoms with E-state index in [0.29, 0.717) is 0 Å². The first-order valence-electron chi connectivity index (χ1n) is 3.11. The number of rotatable bonds is 4. The molecule has 0 bridgehead atoms. The lowest BCUT2D eigenvalue weighted by Crippen LogP contribution is -2.32. The Balaban J connectivity index is 3.43. The predicted molar refractivity (Wildman–Crippen MR) is 34.5 cm³/mol. The van der Waals surface area contributed by atoms with Gasteiger partial charge >= 0.3 is 0 Å². The van der Waals surface area contributed by atoms with Crippen LogP contribution >= 0.6 is 0 Å². The summed E-state index contributed by atoms with van der Waals surface area (Å²) < 4.78 is 0. The second-order valence-corrected chi connectivity index (χ2v) is 1.90. The minimum absolute atomic E-state index is 0.0278. The van der Waals surface area contributed by atoms with Crippen molar-refractivity contribution < 1.29 is 5.03 Å². The highest BCUT2D eigenvalue weighted by Crippen LogP contribution is 1.94. The van der Waals surface area contributed by atoms with Crippen LogP contribution in [0.3, 0.4) is 0 Å². The Labute approximate surface area is 54.4 Å². The van der Waals surface area contributed by atoms with Gasteiger partial charge in [0.1, 0.15) is 0 Å². The largest absolute Gasteiger partial charge is 0.235 e. The number of hydrogen-bond acceptors (Lipinski definition) is 2. The second-order valence-electron chi connectivity index (χ2n) is 1.90. The van der Waals surface area contributed by atoms with Crippen LogP contribution in [0.4, 0.5) is 0 Å². The van der Waals surface area contributed by atoms with E-state index in [1.807, 2.05) is 13.8 Å². The van der Waals surface area contributed by atoms with Crippen LogP contribution in [-0.4, -0.2) is 11.1 Å². The first-order chi connectivity index (χ1) is 4.20. The van der Waals surface area contributed by atoms with Crippen LogP contribution in [0.5, 0.6) is 0 Å². The molecule has 4 nitrogen and oxygen atoms in total. The van der Waals surface area contributed by atoms with Gasteiger partial charge in [0.15, 0.2) is 5.03 Å². The summed E-state index contributed by atoms with van der Waals surface area (Å²) in [5.41, 5.74) is 2.20. The monoisotopic (exact) mass is 132 g/mol. The normalized spacial score (nSPS) is 9.67. The fourth-order valence-electron chi connectivity index (χ4n) is 0.620. The smallest absolute Gasteiger partial charge is 0.157 e. The molecule has 0 atom stereocenters. The number of nitro groups is 1. The van der Waals surface area contributed by atoms with E-state index in [1.165, 1.54) is 0 Å². The van der Waals surface area contributed by atoms with Crippen molar-refractivity contribution in [1.82, 2.24) is 5.43 Å². The van der Waals surface area contributed by atoms with E-state index in [4.69, 9.17) is 0 Å². The van der Waals surface area contributed by atoms with Crippen molar-refractivity contribution >= 4 is 0 Å². The molecule has 0 radical (unpaired) electrons. The summed E-state index contributed by atoms with van der Waals surface area (Å²) in [6.45, 7) is 3.84. The van der Waals surface area contributed by atoms with Gasteiger partial charge in [-0.2, -0.15) is 0 Å². The van der Waals surface area contributed by atoms with Gasteiger partial charge in [-0.05, 0) is 12.8 Å². The summed E-state index contributed by atoms with van der Waals surface area (Å²) in [6.07, 6.45) is 1.61. The zero-order valence-corrected chi connectivity index (χ0v) is 5.76. The average molecular weight is 132 g/mol. The average Bonchev–Trinajstić information content (AvgIpc) is 1.82. The maximum absolute atomic E-state index is 9.82. The quantitative estimate of drug-likeness (QED) is 0.457. The van der Waals surface area contributed by atoms with Gasteiger partial charge in [0.2, 0.25) is 0 Å². The molecule has 0 aromatic carbocycles. The molecule has 0 heterocycles. The highest BCUT2D eigenvalue weighted by Gasteiger charge is 2.06. The van der Waals surface area contributed by atoms with Gasteiger partial charge in [0.05, 0.1) is 6.04 Å². The molecule has 9 heavy (non-hydrogen) atoms. The summed E-state index contributed by atoms with van der Waals surface area (Å²) in [7, 11) is 0. The van der Waals surface area contributed by atoms with E-state index in [0.717, 1.165) is 12.8 Å². The van der Waals surface area contributed by atoms with Gasteiger partial charge in [-0.15, -0.1) is 5.43 Å². The van der Waals surface area contributed by atoms with Crippen LogP contribution in [0.1, 0.15) is 26.7 Å². The lowest BCUT2D eigenvalue weighted by molar-refractivity contribution is -0.551. The SMILES string of the molecule is CCC(CC)N[N+](=O)[O-]. The predicted octanol–water partition coefficient (Wildman–Crippen LogP) is 0.956. The number of nitrogens with zero attached hydrogens (tertiary/aromatic N) is 1. The number of nitrogens with one attached hydrogen (secondary N) is 1. The van der Waals surface area contributed by atoms with Gasteiger partial charge in [0.25, 0.3) is 0 Å². The molecule has 4 heteroatoms. The molecule has 0 aromatic heterocycles. The molecule has 0 amide bonds. The Kier molecular flexibility index (Phi) is 3.75. The first kappa shape index (κ1) is 8.20. The van der Waals surface area contributed by atoms with Crippen molar-refractivity contribution in [2.24, 2.45) is 0 Å². The van der Waals surface area contributed by atoms with Gasteiger partial charge in [0, 0.05) is 0 Å². The van der Waals surface area contributed by atoms with E-state index in [9.17, 15) is 10.1 Å².